The van der Waals surface area contributed by atoms with Crippen LogP contribution in [0.25, 0.3) is 0 Å². The second-order valence-corrected chi connectivity index (χ2v) is 1.50. The first kappa shape index (κ1) is 3.93. The van der Waals surface area contributed by atoms with Gasteiger partial charge >= 0.3 is 0 Å². The molecule has 0 aromatic carbocycles. The molecule has 0 radical (unpaired) electrons. The molecule has 1 atom stereocenters. The Balaban J connectivity index is 2.32. The fourth-order valence-corrected chi connectivity index (χ4v) is 0.404. The van der Waals surface area contributed by atoms with Gasteiger partial charge in [-0.1, -0.05) is 11.6 Å². The number of aliphatic imine (C=N–C) groups is 1. The van der Waals surface area contributed by atoms with E-state index in [-0.39, 0.29) is 5.56 Å². The molecular weight excluding hydrogens is 101 g/mol. The van der Waals surface area contributed by atoms with Crippen molar-refractivity contribution >= 4 is 18.0 Å². The van der Waals surface area contributed by atoms with E-state index in [1.54, 1.807) is 0 Å². The first-order valence-electron chi connectivity index (χ1n) is 1.67. The van der Waals surface area contributed by atoms with Gasteiger partial charge in [0.15, 0.2) is 12.0 Å². The molecule has 0 N–H and O–H groups in total. The zero-order valence-corrected chi connectivity index (χ0v) is 3.85. The maximum atomic E-state index is 5.36. The highest BCUT2D eigenvalue weighted by molar-refractivity contribution is 6.20. The molecule has 0 bridgehead atoms. The van der Waals surface area contributed by atoms with E-state index in [1.165, 1.54) is 6.40 Å². The zero-order chi connectivity index (χ0) is 4.41. The number of rotatable bonds is 0. The van der Waals surface area contributed by atoms with Gasteiger partial charge in [-0.05, 0) is 0 Å². The van der Waals surface area contributed by atoms with Crippen molar-refractivity contribution in [3.63, 3.8) is 0 Å². The summed E-state index contributed by atoms with van der Waals surface area (Å²) in [6.07, 6.45) is 1.37. The van der Waals surface area contributed by atoms with E-state index in [9.17, 15) is 0 Å². The van der Waals surface area contributed by atoms with Crippen molar-refractivity contribution in [2.45, 2.75) is 5.56 Å². The first-order valence-corrected chi connectivity index (χ1v) is 2.11. The highest BCUT2D eigenvalue weighted by atomic mass is 35.5. The number of ether oxygens (including phenoxy) is 1. The summed E-state index contributed by atoms with van der Waals surface area (Å²) in [5.74, 6) is 0. The molecule has 1 aliphatic heterocycles. The standard InChI is InChI=1S/C3H4ClNO/c4-3-1-5-2-6-3/h2-3H,1H2. The lowest BCUT2D eigenvalue weighted by Crippen LogP contribution is -1.97. The minimum absolute atomic E-state index is 0.204. The van der Waals surface area contributed by atoms with Crippen LogP contribution in [0, 0.1) is 0 Å². The molecule has 1 aliphatic rings. The van der Waals surface area contributed by atoms with Crippen LogP contribution in [0.3, 0.4) is 0 Å². The molecule has 2 nitrogen and oxygen atoms in total. The first-order chi connectivity index (χ1) is 2.89. The van der Waals surface area contributed by atoms with E-state index in [0.717, 1.165) is 0 Å². The van der Waals surface area contributed by atoms with Gasteiger partial charge in [0.2, 0.25) is 0 Å². The van der Waals surface area contributed by atoms with Crippen molar-refractivity contribution in [2.24, 2.45) is 4.99 Å². The van der Waals surface area contributed by atoms with Crippen LogP contribution in [0.4, 0.5) is 0 Å². The summed E-state index contributed by atoms with van der Waals surface area (Å²) in [7, 11) is 0. The molecule has 6 heavy (non-hydrogen) atoms. The largest absolute Gasteiger partial charge is 0.463 e. The summed E-state index contributed by atoms with van der Waals surface area (Å²) >= 11 is 5.36. The fraction of sp³-hybridized carbons (Fsp3) is 0.667. The van der Waals surface area contributed by atoms with Gasteiger partial charge < -0.3 is 4.74 Å². The Hall–Kier alpha value is -0.240. The van der Waals surface area contributed by atoms with Gasteiger partial charge in [0.1, 0.15) is 0 Å². The maximum absolute atomic E-state index is 5.36. The molecule has 0 aromatic rings. The van der Waals surface area contributed by atoms with Gasteiger partial charge in [-0.25, -0.2) is 0 Å². The second-order valence-electron chi connectivity index (χ2n) is 1.02. The van der Waals surface area contributed by atoms with Gasteiger partial charge in [0, 0.05) is 0 Å². The van der Waals surface area contributed by atoms with Crippen LogP contribution in [0.1, 0.15) is 0 Å². The van der Waals surface area contributed by atoms with E-state index in [0.29, 0.717) is 6.54 Å². The summed E-state index contributed by atoms with van der Waals surface area (Å²) in [4.78, 5) is 3.69. The van der Waals surface area contributed by atoms with Crippen LogP contribution < -0.4 is 0 Å². The van der Waals surface area contributed by atoms with Crippen molar-refractivity contribution in [3.8, 4) is 0 Å². The van der Waals surface area contributed by atoms with Crippen molar-refractivity contribution in [1.29, 1.82) is 0 Å². The Morgan fingerprint density at radius 2 is 2.83 bits per heavy atom. The highest BCUT2D eigenvalue weighted by Crippen LogP contribution is 2.01. The zero-order valence-electron chi connectivity index (χ0n) is 3.10. The molecule has 1 unspecified atom stereocenters. The number of hydrogen-bond acceptors (Lipinski definition) is 2. The van der Waals surface area contributed by atoms with E-state index < -0.39 is 0 Å². The highest BCUT2D eigenvalue weighted by Gasteiger charge is 2.04. The second kappa shape index (κ2) is 1.47. The van der Waals surface area contributed by atoms with Crippen molar-refractivity contribution in [1.82, 2.24) is 0 Å². The van der Waals surface area contributed by atoms with Gasteiger partial charge in [-0.3, -0.25) is 4.99 Å². The molecule has 1 rings (SSSR count). The third-order valence-corrected chi connectivity index (χ3v) is 0.773. The molecular formula is C3H4ClNO. The average Bonchev–Trinajstić information content (AvgIpc) is 1.86. The van der Waals surface area contributed by atoms with Crippen LogP contribution >= 0.6 is 11.6 Å². The summed E-state index contributed by atoms with van der Waals surface area (Å²) in [6.45, 7) is 0.599. The Kier molecular flexibility index (Phi) is 0.965. The minimum Gasteiger partial charge on any atom is -0.463 e. The number of alkyl halides is 1. The quantitative estimate of drug-likeness (QED) is 0.414. The fourth-order valence-electron chi connectivity index (χ4n) is 0.278. The van der Waals surface area contributed by atoms with Gasteiger partial charge in [-0.2, -0.15) is 0 Å². The Morgan fingerprint density at radius 3 is 3.00 bits per heavy atom. The molecule has 1 heterocycles. The maximum Gasteiger partial charge on any atom is 0.192 e. The summed E-state index contributed by atoms with van der Waals surface area (Å²) < 4.78 is 4.63. The van der Waals surface area contributed by atoms with Gasteiger partial charge in [0.25, 0.3) is 0 Å². The van der Waals surface area contributed by atoms with Gasteiger partial charge in [-0.15, -0.1) is 0 Å². The monoisotopic (exact) mass is 105 g/mol. The van der Waals surface area contributed by atoms with Crippen molar-refractivity contribution < 1.29 is 4.74 Å². The third kappa shape index (κ3) is 0.627. The third-order valence-electron chi connectivity index (χ3n) is 0.532. The smallest absolute Gasteiger partial charge is 0.192 e. The number of halogens is 1. The summed E-state index contributed by atoms with van der Waals surface area (Å²) in [5, 5.41) is 0. The van der Waals surface area contributed by atoms with Crippen LogP contribution in [0.2, 0.25) is 0 Å². The van der Waals surface area contributed by atoms with Crippen LogP contribution in [-0.4, -0.2) is 18.5 Å². The average molecular weight is 106 g/mol. The molecule has 0 spiro atoms. The predicted molar refractivity (Wildman–Crippen MR) is 24.1 cm³/mol. The molecule has 0 fully saturated rings. The van der Waals surface area contributed by atoms with E-state index in [4.69, 9.17) is 11.6 Å². The summed E-state index contributed by atoms with van der Waals surface area (Å²) in [6, 6.07) is 0. The lowest BCUT2D eigenvalue weighted by atomic mass is 10.7. The SMILES string of the molecule is ClC1CN=CO1. The Morgan fingerprint density at radius 1 is 2.00 bits per heavy atom. The number of nitrogens with zero attached hydrogens (tertiary/aromatic N) is 1. The number of hydrogen-bond donors (Lipinski definition) is 0. The molecule has 0 saturated heterocycles. The Bertz CT molecular complexity index is 65.2. The molecule has 0 aliphatic carbocycles. The van der Waals surface area contributed by atoms with Crippen LogP contribution in [0.5, 0.6) is 0 Å². The normalized spacial score (nSPS) is 30.5. The van der Waals surface area contributed by atoms with Crippen molar-refractivity contribution in [2.75, 3.05) is 6.54 Å². The minimum atomic E-state index is -0.204. The van der Waals surface area contributed by atoms with E-state index in [1.807, 2.05) is 0 Å². The topological polar surface area (TPSA) is 21.6 Å². The van der Waals surface area contributed by atoms with E-state index in [2.05, 4.69) is 9.73 Å². The molecule has 34 valence electrons. The molecule has 0 aromatic heterocycles. The van der Waals surface area contributed by atoms with E-state index >= 15 is 0 Å². The predicted octanol–water partition coefficient (Wildman–Crippen LogP) is 0.610. The van der Waals surface area contributed by atoms with Crippen molar-refractivity contribution in [3.05, 3.63) is 0 Å². The summed E-state index contributed by atoms with van der Waals surface area (Å²) in [5.41, 5.74) is -0.204. The lowest BCUT2D eigenvalue weighted by Gasteiger charge is -1.91. The molecule has 0 amide bonds. The van der Waals surface area contributed by atoms with Gasteiger partial charge in [0.05, 0.1) is 6.54 Å². The van der Waals surface area contributed by atoms with Crippen LogP contribution in [0.15, 0.2) is 4.99 Å². The molecule has 0 saturated carbocycles. The Labute approximate surface area is 40.8 Å². The lowest BCUT2D eigenvalue weighted by molar-refractivity contribution is 0.319. The van der Waals surface area contributed by atoms with Crippen LogP contribution in [-0.2, 0) is 4.74 Å². The molecule has 3 heteroatoms.